The molecular weight excluding hydrogens is 458 g/mol. The molecule has 2 aliphatic heterocycles. The van der Waals surface area contributed by atoms with Crippen LogP contribution in [0.5, 0.6) is 0 Å². The number of carbonyl (C=O) groups is 1. The quantitative estimate of drug-likeness (QED) is 0.377. The van der Waals surface area contributed by atoms with Gasteiger partial charge in [-0.15, -0.1) is 0 Å². The van der Waals surface area contributed by atoms with Crippen LogP contribution in [0.15, 0.2) is 42.5 Å². The maximum absolute atomic E-state index is 13.5. The predicted molar refractivity (Wildman–Crippen MR) is 115 cm³/mol. The van der Waals surface area contributed by atoms with Gasteiger partial charge in [-0.05, 0) is 50.2 Å². The van der Waals surface area contributed by atoms with E-state index in [0.29, 0.717) is 19.5 Å². The highest BCUT2D eigenvalue weighted by atomic mass is 19.4. The minimum absolute atomic E-state index is 0.115. The van der Waals surface area contributed by atoms with Crippen LogP contribution >= 0.6 is 0 Å². The van der Waals surface area contributed by atoms with Crippen molar-refractivity contribution >= 4 is 5.91 Å². The lowest BCUT2D eigenvalue weighted by Gasteiger charge is -2.52. The molecule has 0 bridgehead atoms. The van der Waals surface area contributed by atoms with Gasteiger partial charge >= 0.3 is 18.3 Å². The Morgan fingerprint density at radius 2 is 1.59 bits per heavy atom. The van der Waals surface area contributed by atoms with E-state index in [1.54, 1.807) is 6.92 Å². The van der Waals surface area contributed by atoms with Gasteiger partial charge in [0.25, 0.3) is 0 Å². The highest BCUT2D eigenvalue weighted by Crippen LogP contribution is 2.49. The summed E-state index contributed by atoms with van der Waals surface area (Å²) in [5.41, 5.74) is -0.760. The molecule has 2 fully saturated rings. The molecule has 9 heteroatoms. The summed E-state index contributed by atoms with van der Waals surface area (Å²) in [6.45, 7) is 4.39. The molecule has 0 N–H and O–H groups in total. The van der Waals surface area contributed by atoms with Gasteiger partial charge in [0.05, 0.1) is 30.1 Å². The van der Waals surface area contributed by atoms with Gasteiger partial charge in [0.15, 0.2) is 0 Å². The van der Waals surface area contributed by atoms with Crippen molar-refractivity contribution < 1.29 is 35.6 Å². The number of hydrogen-bond acceptors (Lipinski definition) is 2. The lowest BCUT2D eigenvalue weighted by atomic mass is 9.87. The van der Waals surface area contributed by atoms with Crippen molar-refractivity contribution in [1.29, 1.82) is 0 Å². The molecule has 0 radical (unpaired) electrons. The fourth-order valence-corrected chi connectivity index (χ4v) is 5.90. The number of nitrogens with zero attached hydrogens (tertiary/aromatic N) is 2. The third-order valence-corrected chi connectivity index (χ3v) is 7.66. The number of hydrogen-bond donors (Lipinski definition) is 0. The first-order valence-corrected chi connectivity index (χ1v) is 11.2. The molecule has 3 unspecified atom stereocenters. The van der Waals surface area contributed by atoms with Crippen molar-refractivity contribution in [3.8, 4) is 0 Å². The van der Waals surface area contributed by atoms with Gasteiger partial charge in [0, 0.05) is 18.5 Å². The fourth-order valence-electron chi connectivity index (χ4n) is 5.90. The van der Waals surface area contributed by atoms with E-state index in [1.807, 2.05) is 38.2 Å². The van der Waals surface area contributed by atoms with E-state index in [0.717, 1.165) is 23.3 Å². The number of likely N-dealkylation sites (N-methyl/N-ethyl adjacent to an activating group) is 1. The first-order chi connectivity index (χ1) is 15.8. The Balaban J connectivity index is 1.86. The maximum Gasteiger partial charge on any atom is 0.416 e. The zero-order chi connectivity index (χ0) is 25.1. The first-order valence-electron chi connectivity index (χ1n) is 11.2. The molecule has 2 aliphatic rings. The van der Waals surface area contributed by atoms with Crippen LogP contribution < -0.4 is 0 Å². The van der Waals surface area contributed by atoms with Crippen LogP contribution in [0, 0.1) is 6.92 Å². The summed E-state index contributed by atoms with van der Waals surface area (Å²) < 4.78 is 81.0. The Kier molecular flexibility index (Phi) is 6.09. The molecule has 1 amide bonds. The molecule has 184 valence electrons. The number of benzene rings is 2. The van der Waals surface area contributed by atoms with Crippen molar-refractivity contribution in [2.45, 2.75) is 57.2 Å². The van der Waals surface area contributed by atoms with E-state index in [2.05, 4.69) is 4.90 Å². The van der Waals surface area contributed by atoms with Crippen molar-refractivity contribution in [3.63, 3.8) is 0 Å². The molecule has 2 aromatic rings. The van der Waals surface area contributed by atoms with Crippen molar-refractivity contribution in [2.24, 2.45) is 0 Å². The van der Waals surface area contributed by atoms with Crippen molar-refractivity contribution in [2.75, 3.05) is 20.1 Å². The van der Waals surface area contributed by atoms with Gasteiger partial charge in [-0.3, -0.25) is 4.90 Å². The summed E-state index contributed by atoms with van der Waals surface area (Å²) in [6.07, 6.45) is -9.10. The Morgan fingerprint density at radius 1 is 1.00 bits per heavy atom. The van der Waals surface area contributed by atoms with E-state index in [1.165, 1.54) is 0 Å². The Labute approximate surface area is 194 Å². The summed E-state index contributed by atoms with van der Waals surface area (Å²) >= 11 is 0. The molecule has 34 heavy (non-hydrogen) atoms. The van der Waals surface area contributed by atoms with Gasteiger partial charge in [-0.25, -0.2) is 9.28 Å². The van der Waals surface area contributed by atoms with Gasteiger partial charge < -0.3 is 0 Å². The van der Waals surface area contributed by atoms with Crippen LogP contribution in [0.2, 0.25) is 0 Å². The summed E-state index contributed by atoms with van der Waals surface area (Å²) in [6, 6.07) is 8.15. The summed E-state index contributed by atoms with van der Waals surface area (Å²) in [5.74, 6) is -0.129. The molecule has 3 nitrogen and oxygen atoms in total. The summed E-state index contributed by atoms with van der Waals surface area (Å²) in [5, 5.41) is 0. The molecule has 0 aromatic heterocycles. The number of fused-ring (bicyclic) bond motifs is 1. The SMILES string of the molecule is Cc1ccccc1C1C2CCC(=O)[N+]2([C@H](C)c2cc(C(F)(F)F)cc(C(F)(F)F)c2)CCN1C. The Bertz CT molecular complexity index is 1060. The third-order valence-electron chi connectivity index (χ3n) is 7.66. The number of rotatable bonds is 3. The zero-order valence-electron chi connectivity index (χ0n) is 19.2. The summed E-state index contributed by atoms with van der Waals surface area (Å²) in [4.78, 5) is 15.5. The Hall–Kier alpha value is -2.39. The Morgan fingerprint density at radius 3 is 2.15 bits per heavy atom. The van der Waals surface area contributed by atoms with E-state index in [4.69, 9.17) is 0 Å². The monoisotopic (exact) mass is 485 g/mol. The van der Waals surface area contributed by atoms with Crippen molar-refractivity contribution in [1.82, 2.24) is 4.90 Å². The van der Waals surface area contributed by atoms with E-state index in [-0.39, 0.29) is 40.5 Å². The molecule has 4 atom stereocenters. The molecule has 2 saturated heterocycles. The topological polar surface area (TPSA) is 20.3 Å². The molecule has 2 aromatic carbocycles. The maximum atomic E-state index is 13.5. The number of quaternary nitrogens is 1. The smallest absolute Gasteiger partial charge is 0.289 e. The molecule has 0 spiro atoms. The molecule has 0 aliphatic carbocycles. The van der Waals surface area contributed by atoms with Crippen molar-refractivity contribution in [3.05, 3.63) is 70.3 Å². The normalized spacial score (nSPS) is 27.0. The third kappa shape index (κ3) is 4.02. The lowest BCUT2D eigenvalue weighted by Crippen LogP contribution is -2.65. The zero-order valence-corrected chi connectivity index (χ0v) is 19.2. The number of aryl methyl sites for hydroxylation is 1. The molecule has 0 saturated carbocycles. The minimum atomic E-state index is -4.93. The second-order valence-electron chi connectivity index (χ2n) is 9.45. The van der Waals surface area contributed by atoms with E-state index >= 15 is 0 Å². The number of carbonyl (C=O) groups excluding carboxylic acids is 1. The van der Waals surface area contributed by atoms with E-state index in [9.17, 15) is 31.1 Å². The first kappa shape index (κ1) is 24.7. The van der Waals surface area contributed by atoms with Crippen LogP contribution in [0.3, 0.4) is 0 Å². The van der Waals surface area contributed by atoms with E-state index < -0.39 is 29.5 Å². The second kappa shape index (κ2) is 8.37. The predicted octanol–water partition coefficient (Wildman–Crippen LogP) is 6.29. The van der Waals surface area contributed by atoms with Crippen LogP contribution in [-0.4, -0.2) is 41.5 Å². The average molecular weight is 485 g/mol. The standard InChI is InChI=1S/C25H27F6N2O/c1-15-6-4-5-7-20(15)23-21-8-9-22(34)33(21,11-10-32(23)3)16(2)17-12-18(24(26,27)28)14-19(13-17)25(29,30)31/h4-7,12-14,16,21,23H,8-11H2,1-3H3/q+1/t16-,21?,23?,33?/m1/s1. The lowest BCUT2D eigenvalue weighted by molar-refractivity contribution is -0.908. The minimum Gasteiger partial charge on any atom is -0.289 e. The van der Waals surface area contributed by atoms with Gasteiger partial charge in [0.2, 0.25) is 0 Å². The van der Waals surface area contributed by atoms with Gasteiger partial charge in [0.1, 0.15) is 12.1 Å². The molecule has 2 heterocycles. The average Bonchev–Trinajstić information content (AvgIpc) is 3.10. The number of alkyl halides is 6. The number of amides is 1. The largest absolute Gasteiger partial charge is 0.416 e. The highest BCUT2D eigenvalue weighted by molar-refractivity contribution is 5.72. The van der Waals surface area contributed by atoms with Crippen LogP contribution in [-0.2, 0) is 17.1 Å². The summed E-state index contributed by atoms with van der Waals surface area (Å²) in [7, 11) is 1.95. The molecular formula is C25H27F6N2O+. The van der Waals surface area contributed by atoms with Crippen LogP contribution in [0.25, 0.3) is 0 Å². The van der Waals surface area contributed by atoms with Gasteiger partial charge in [-0.2, -0.15) is 26.3 Å². The van der Waals surface area contributed by atoms with Crippen LogP contribution in [0.4, 0.5) is 26.3 Å². The number of halogens is 6. The molecule has 4 rings (SSSR count). The van der Waals surface area contributed by atoms with Crippen LogP contribution in [0.1, 0.15) is 59.7 Å². The second-order valence-corrected chi connectivity index (χ2v) is 9.45. The van der Waals surface area contributed by atoms with Gasteiger partial charge in [-0.1, -0.05) is 24.3 Å². The fraction of sp³-hybridized carbons (Fsp3) is 0.480. The highest BCUT2D eigenvalue weighted by Gasteiger charge is 2.59. The number of piperazine rings is 1.